The van der Waals surface area contributed by atoms with Crippen LogP contribution in [0.1, 0.15) is 12.0 Å². The Morgan fingerprint density at radius 1 is 1.25 bits per heavy atom. The third-order valence-corrected chi connectivity index (χ3v) is 3.63. The zero-order chi connectivity index (χ0) is 14.8. The van der Waals surface area contributed by atoms with Gasteiger partial charge >= 0.3 is 12.1 Å². The number of hydrogen-bond acceptors (Lipinski definition) is 4. The van der Waals surface area contributed by atoms with E-state index in [1.807, 2.05) is 30.3 Å². The smallest absolute Gasteiger partial charge is 0.407 e. The highest BCUT2D eigenvalue weighted by molar-refractivity contribution is 7.85. The Bertz CT molecular complexity index is 463. The first-order valence-electron chi connectivity index (χ1n) is 6.09. The van der Waals surface area contributed by atoms with Gasteiger partial charge in [-0.2, -0.15) is 0 Å². The van der Waals surface area contributed by atoms with Gasteiger partial charge in [-0.3, -0.25) is 9.00 Å². The molecule has 1 atom stereocenters. The van der Waals surface area contributed by atoms with Crippen LogP contribution in [-0.2, 0) is 26.9 Å². The zero-order valence-electron chi connectivity index (χ0n) is 10.9. The molecule has 0 fully saturated rings. The number of aliphatic carboxylic acids is 1. The van der Waals surface area contributed by atoms with Crippen molar-refractivity contribution in [3.63, 3.8) is 0 Å². The van der Waals surface area contributed by atoms with E-state index in [1.54, 1.807) is 0 Å². The second kappa shape index (κ2) is 9.08. The molecule has 2 N–H and O–H groups in total. The maximum atomic E-state index is 11.3. The number of carboxylic acid groups (broad SMARTS) is 1. The number of carbonyl (C=O) groups excluding carboxylic acids is 1. The first-order valence-corrected chi connectivity index (χ1v) is 7.58. The van der Waals surface area contributed by atoms with E-state index in [4.69, 9.17) is 9.84 Å². The van der Waals surface area contributed by atoms with Crippen LogP contribution in [0.4, 0.5) is 4.79 Å². The summed E-state index contributed by atoms with van der Waals surface area (Å²) in [6, 6.07) is 9.29. The minimum Gasteiger partial charge on any atom is -0.481 e. The summed E-state index contributed by atoms with van der Waals surface area (Å²) in [6.07, 6.45) is -0.0989. The molecule has 1 amide bonds. The van der Waals surface area contributed by atoms with Gasteiger partial charge in [0.25, 0.3) is 0 Å². The van der Waals surface area contributed by atoms with E-state index in [0.29, 0.717) is 13.0 Å². The topological polar surface area (TPSA) is 92.7 Å². The van der Waals surface area contributed by atoms with Gasteiger partial charge in [-0.25, -0.2) is 4.79 Å². The lowest BCUT2D eigenvalue weighted by Gasteiger charge is -2.06. The maximum absolute atomic E-state index is 11.3. The molecular formula is C13H17NO5S. The van der Waals surface area contributed by atoms with Crippen molar-refractivity contribution in [2.75, 3.05) is 18.1 Å². The SMILES string of the molecule is O=C(O)CS(=O)CCCNC(=O)OCc1ccccc1. The van der Waals surface area contributed by atoms with E-state index in [9.17, 15) is 13.8 Å². The van der Waals surface area contributed by atoms with Crippen LogP contribution in [-0.4, -0.2) is 39.4 Å². The summed E-state index contributed by atoms with van der Waals surface area (Å²) < 4.78 is 16.2. The fraction of sp³-hybridized carbons (Fsp3) is 0.385. The number of nitrogens with one attached hydrogen (secondary N) is 1. The second-order valence-electron chi connectivity index (χ2n) is 4.02. The van der Waals surface area contributed by atoms with Crippen LogP contribution in [0.5, 0.6) is 0 Å². The highest BCUT2D eigenvalue weighted by Crippen LogP contribution is 2.00. The van der Waals surface area contributed by atoms with Gasteiger partial charge < -0.3 is 15.2 Å². The van der Waals surface area contributed by atoms with Crippen LogP contribution in [0.3, 0.4) is 0 Å². The Morgan fingerprint density at radius 2 is 1.95 bits per heavy atom. The average molecular weight is 299 g/mol. The Kier molecular flexibility index (Phi) is 7.34. The number of carboxylic acids is 1. The summed E-state index contributed by atoms with van der Waals surface area (Å²) in [6.45, 7) is 0.497. The van der Waals surface area contributed by atoms with E-state index < -0.39 is 22.9 Å². The van der Waals surface area contributed by atoms with E-state index in [-0.39, 0.29) is 18.1 Å². The Morgan fingerprint density at radius 3 is 2.60 bits per heavy atom. The molecule has 1 unspecified atom stereocenters. The summed E-state index contributed by atoms with van der Waals surface area (Å²) >= 11 is 0. The first kappa shape index (κ1) is 16.2. The third-order valence-electron chi connectivity index (χ3n) is 2.32. The molecular weight excluding hydrogens is 282 g/mol. The van der Waals surface area contributed by atoms with Crippen LogP contribution >= 0.6 is 0 Å². The molecule has 0 saturated carbocycles. The van der Waals surface area contributed by atoms with Crippen LogP contribution in [0.15, 0.2) is 30.3 Å². The van der Waals surface area contributed by atoms with Crippen LogP contribution in [0.2, 0.25) is 0 Å². The van der Waals surface area contributed by atoms with Gasteiger partial charge in [-0.1, -0.05) is 30.3 Å². The molecule has 0 aliphatic rings. The minimum atomic E-state index is -1.39. The third kappa shape index (κ3) is 7.52. The van der Waals surface area contributed by atoms with Crippen molar-refractivity contribution in [2.45, 2.75) is 13.0 Å². The van der Waals surface area contributed by atoms with Gasteiger partial charge in [0.15, 0.2) is 0 Å². The molecule has 6 nitrogen and oxygen atoms in total. The fourth-order valence-electron chi connectivity index (χ4n) is 1.41. The molecule has 0 aromatic heterocycles. The van der Waals surface area contributed by atoms with Crippen molar-refractivity contribution < 1.29 is 23.6 Å². The zero-order valence-corrected chi connectivity index (χ0v) is 11.7. The van der Waals surface area contributed by atoms with Crippen LogP contribution in [0.25, 0.3) is 0 Å². The summed E-state index contributed by atoms with van der Waals surface area (Å²) in [7, 11) is -1.39. The van der Waals surface area contributed by atoms with Crippen molar-refractivity contribution in [1.29, 1.82) is 0 Å². The number of alkyl carbamates (subject to hydrolysis) is 1. The largest absolute Gasteiger partial charge is 0.481 e. The minimum absolute atomic E-state index is 0.192. The number of benzene rings is 1. The van der Waals surface area contributed by atoms with Crippen molar-refractivity contribution in [2.24, 2.45) is 0 Å². The van der Waals surface area contributed by atoms with Crippen molar-refractivity contribution in [3.8, 4) is 0 Å². The Balaban J connectivity index is 2.09. The maximum Gasteiger partial charge on any atom is 0.407 e. The van der Waals surface area contributed by atoms with Crippen molar-refractivity contribution in [3.05, 3.63) is 35.9 Å². The molecule has 0 radical (unpaired) electrons. The second-order valence-corrected chi connectivity index (χ2v) is 5.60. The van der Waals surface area contributed by atoms with Gasteiger partial charge in [-0.15, -0.1) is 0 Å². The number of rotatable bonds is 8. The summed E-state index contributed by atoms with van der Waals surface area (Å²) in [4.78, 5) is 21.6. The molecule has 0 heterocycles. The highest BCUT2D eigenvalue weighted by Gasteiger charge is 2.06. The molecule has 1 aromatic rings. The van der Waals surface area contributed by atoms with E-state index in [1.165, 1.54) is 0 Å². The lowest BCUT2D eigenvalue weighted by molar-refractivity contribution is -0.133. The predicted molar refractivity (Wildman–Crippen MR) is 74.8 cm³/mol. The van der Waals surface area contributed by atoms with Gasteiger partial charge in [0.05, 0.1) is 0 Å². The molecule has 7 heteroatoms. The number of carbonyl (C=O) groups is 2. The summed E-state index contributed by atoms with van der Waals surface area (Å²) in [5.41, 5.74) is 0.894. The molecule has 110 valence electrons. The van der Waals surface area contributed by atoms with Crippen molar-refractivity contribution in [1.82, 2.24) is 5.32 Å². The van der Waals surface area contributed by atoms with Crippen LogP contribution in [0, 0.1) is 0 Å². The molecule has 20 heavy (non-hydrogen) atoms. The van der Waals surface area contributed by atoms with Gasteiger partial charge in [-0.05, 0) is 12.0 Å². The molecule has 0 aliphatic carbocycles. The summed E-state index contributed by atoms with van der Waals surface area (Å²) in [5.74, 6) is -1.21. The van der Waals surface area contributed by atoms with E-state index in [0.717, 1.165) is 5.56 Å². The van der Waals surface area contributed by atoms with E-state index in [2.05, 4.69) is 5.32 Å². The Labute approximate surface area is 119 Å². The van der Waals surface area contributed by atoms with Gasteiger partial charge in [0.2, 0.25) is 0 Å². The van der Waals surface area contributed by atoms with Crippen molar-refractivity contribution >= 4 is 22.9 Å². The molecule has 0 aliphatic heterocycles. The lowest BCUT2D eigenvalue weighted by Crippen LogP contribution is -2.26. The van der Waals surface area contributed by atoms with E-state index >= 15 is 0 Å². The predicted octanol–water partition coefficient (Wildman–Crippen LogP) is 1.14. The normalized spacial score (nSPS) is 11.6. The molecule has 1 rings (SSSR count). The molecule has 1 aromatic carbocycles. The Hall–Kier alpha value is -1.89. The lowest BCUT2D eigenvalue weighted by atomic mass is 10.2. The average Bonchev–Trinajstić information content (AvgIpc) is 2.42. The van der Waals surface area contributed by atoms with Gasteiger partial charge in [0, 0.05) is 23.1 Å². The van der Waals surface area contributed by atoms with Crippen LogP contribution < -0.4 is 5.32 Å². The monoisotopic (exact) mass is 299 g/mol. The summed E-state index contributed by atoms with van der Waals surface area (Å²) in [5, 5.41) is 10.9. The van der Waals surface area contributed by atoms with Gasteiger partial charge in [0.1, 0.15) is 12.4 Å². The quantitative estimate of drug-likeness (QED) is 0.702. The number of ether oxygens (including phenoxy) is 1. The molecule has 0 spiro atoms. The standard InChI is InChI=1S/C13H17NO5S/c15-12(16)10-20(18)8-4-7-14-13(17)19-9-11-5-2-1-3-6-11/h1-3,5-6H,4,7-10H2,(H,14,17)(H,15,16). The highest BCUT2D eigenvalue weighted by atomic mass is 32.2. The number of hydrogen-bond donors (Lipinski definition) is 2. The fourth-order valence-corrected chi connectivity index (χ4v) is 2.29. The first-order chi connectivity index (χ1) is 9.58. The number of amides is 1. The molecule has 0 saturated heterocycles. The molecule has 0 bridgehead atoms.